The van der Waals surface area contributed by atoms with Gasteiger partial charge in [-0.3, -0.25) is 0 Å². The predicted molar refractivity (Wildman–Crippen MR) is 58.6 cm³/mol. The van der Waals surface area contributed by atoms with Crippen molar-refractivity contribution in [1.29, 1.82) is 0 Å². The molecule has 0 saturated carbocycles. The zero-order chi connectivity index (χ0) is 9.38. The van der Waals surface area contributed by atoms with Gasteiger partial charge in [-0.25, -0.2) is 0 Å². The third-order valence-electron chi connectivity index (χ3n) is 2.69. The molecule has 0 aromatic carbocycles. The summed E-state index contributed by atoms with van der Waals surface area (Å²) in [5, 5.41) is 5.69. The molecule has 1 N–H and O–H groups in total. The van der Waals surface area contributed by atoms with E-state index in [1.54, 1.807) is 0 Å². The van der Waals surface area contributed by atoms with Gasteiger partial charge in [-0.2, -0.15) is 0 Å². The van der Waals surface area contributed by atoms with Crippen LogP contribution in [0.5, 0.6) is 0 Å². The zero-order valence-corrected chi connectivity index (χ0v) is 8.63. The van der Waals surface area contributed by atoms with Crippen LogP contribution in [0.2, 0.25) is 0 Å². The van der Waals surface area contributed by atoms with E-state index in [-0.39, 0.29) is 0 Å². The first-order valence-corrected chi connectivity index (χ1v) is 5.75. The topological polar surface area (TPSA) is 17.0 Å². The van der Waals surface area contributed by atoms with Crippen LogP contribution in [-0.4, -0.2) is 11.1 Å². The standard InChI is InChI=1S/C11H12N2S/c1-3-9-11(10-4-2-8-14-10)12-5-7-13(9)6-1/h1-4,6,8,11-12H,5,7H2/t11-/m1/s1. The van der Waals surface area contributed by atoms with Crippen LogP contribution in [-0.2, 0) is 6.54 Å². The van der Waals surface area contributed by atoms with Crippen molar-refractivity contribution >= 4 is 11.3 Å². The molecular formula is C11H12N2S. The van der Waals surface area contributed by atoms with Crippen LogP contribution >= 0.6 is 11.3 Å². The normalized spacial score (nSPS) is 20.7. The van der Waals surface area contributed by atoms with Gasteiger partial charge in [-0.15, -0.1) is 11.3 Å². The molecule has 14 heavy (non-hydrogen) atoms. The number of fused-ring (bicyclic) bond motifs is 1. The summed E-state index contributed by atoms with van der Waals surface area (Å²) in [6.45, 7) is 2.15. The van der Waals surface area contributed by atoms with E-state index in [0.717, 1.165) is 13.1 Å². The molecule has 2 nitrogen and oxygen atoms in total. The number of nitrogens with zero attached hydrogens (tertiary/aromatic N) is 1. The predicted octanol–water partition coefficient (Wildman–Crippen LogP) is 2.24. The van der Waals surface area contributed by atoms with Gasteiger partial charge < -0.3 is 9.88 Å². The summed E-state index contributed by atoms with van der Waals surface area (Å²) in [5.74, 6) is 0. The molecule has 0 amide bonds. The van der Waals surface area contributed by atoms with Crippen molar-refractivity contribution in [3.05, 3.63) is 46.4 Å². The molecule has 0 fully saturated rings. The van der Waals surface area contributed by atoms with Crippen LogP contribution in [0.4, 0.5) is 0 Å². The monoisotopic (exact) mass is 204 g/mol. The molecule has 72 valence electrons. The molecular weight excluding hydrogens is 192 g/mol. The first-order valence-electron chi connectivity index (χ1n) is 4.87. The van der Waals surface area contributed by atoms with Gasteiger partial charge in [0, 0.05) is 29.9 Å². The molecule has 3 rings (SSSR count). The van der Waals surface area contributed by atoms with Gasteiger partial charge in [0.05, 0.1) is 6.04 Å². The average molecular weight is 204 g/mol. The van der Waals surface area contributed by atoms with Crippen molar-refractivity contribution in [2.45, 2.75) is 12.6 Å². The van der Waals surface area contributed by atoms with Crippen LogP contribution in [0.3, 0.4) is 0 Å². The minimum Gasteiger partial charge on any atom is -0.348 e. The fourth-order valence-corrected chi connectivity index (χ4v) is 2.84. The summed E-state index contributed by atoms with van der Waals surface area (Å²) in [6.07, 6.45) is 2.16. The molecule has 1 aliphatic heterocycles. The molecule has 0 spiro atoms. The fourth-order valence-electron chi connectivity index (χ4n) is 2.03. The van der Waals surface area contributed by atoms with Crippen molar-refractivity contribution in [2.24, 2.45) is 0 Å². The van der Waals surface area contributed by atoms with Gasteiger partial charge in [-0.1, -0.05) is 6.07 Å². The van der Waals surface area contributed by atoms with Crippen LogP contribution in [0.25, 0.3) is 0 Å². The van der Waals surface area contributed by atoms with E-state index in [1.165, 1.54) is 10.6 Å². The summed E-state index contributed by atoms with van der Waals surface area (Å²) in [6, 6.07) is 9.05. The van der Waals surface area contributed by atoms with Gasteiger partial charge in [0.2, 0.25) is 0 Å². The van der Waals surface area contributed by atoms with Crippen LogP contribution in [0, 0.1) is 0 Å². The SMILES string of the molecule is c1csc([C@@H]2NCCn3cccc32)c1. The Kier molecular flexibility index (Phi) is 1.92. The van der Waals surface area contributed by atoms with Crippen LogP contribution in [0.15, 0.2) is 35.8 Å². The maximum atomic E-state index is 3.55. The van der Waals surface area contributed by atoms with Crippen molar-refractivity contribution in [1.82, 2.24) is 9.88 Å². The second-order valence-corrected chi connectivity index (χ2v) is 4.51. The van der Waals surface area contributed by atoms with Crippen molar-refractivity contribution < 1.29 is 0 Å². The minimum absolute atomic E-state index is 0.402. The molecule has 0 aliphatic carbocycles. The quantitative estimate of drug-likeness (QED) is 0.754. The lowest BCUT2D eigenvalue weighted by atomic mass is 10.1. The van der Waals surface area contributed by atoms with Gasteiger partial charge in [0.15, 0.2) is 0 Å². The number of hydrogen-bond donors (Lipinski definition) is 1. The van der Waals surface area contributed by atoms with E-state index in [2.05, 4.69) is 45.7 Å². The Morgan fingerprint density at radius 3 is 3.21 bits per heavy atom. The van der Waals surface area contributed by atoms with Gasteiger partial charge >= 0.3 is 0 Å². The van der Waals surface area contributed by atoms with E-state index in [0.29, 0.717) is 6.04 Å². The summed E-state index contributed by atoms with van der Waals surface area (Å²) in [5.41, 5.74) is 1.39. The summed E-state index contributed by atoms with van der Waals surface area (Å²) >= 11 is 1.82. The highest BCUT2D eigenvalue weighted by atomic mass is 32.1. The van der Waals surface area contributed by atoms with Gasteiger partial charge in [0.25, 0.3) is 0 Å². The van der Waals surface area contributed by atoms with Crippen molar-refractivity contribution in [3.8, 4) is 0 Å². The lowest BCUT2D eigenvalue weighted by molar-refractivity contribution is 0.471. The smallest absolute Gasteiger partial charge is 0.0825 e. The average Bonchev–Trinajstić information content (AvgIpc) is 2.88. The number of aromatic nitrogens is 1. The number of rotatable bonds is 1. The minimum atomic E-state index is 0.402. The number of thiophene rings is 1. The van der Waals surface area contributed by atoms with Crippen molar-refractivity contribution in [3.63, 3.8) is 0 Å². The Morgan fingerprint density at radius 1 is 1.36 bits per heavy atom. The second kappa shape index (κ2) is 3.26. The fraction of sp³-hybridized carbons (Fsp3) is 0.273. The maximum Gasteiger partial charge on any atom is 0.0825 e. The summed E-state index contributed by atoms with van der Waals surface area (Å²) in [7, 11) is 0. The van der Waals surface area contributed by atoms with Crippen molar-refractivity contribution in [2.75, 3.05) is 6.54 Å². The Balaban J connectivity index is 2.04. The van der Waals surface area contributed by atoms with E-state index in [4.69, 9.17) is 0 Å². The molecule has 0 radical (unpaired) electrons. The lowest BCUT2D eigenvalue weighted by Gasteiger charge is -2.25. The zero-order valence-electron chi connectivity index (χ0n) is 7.81. The molecule has 2 aromatic heterocycles. The van der Waals surface area contributed by atoms with E-state index in [1.807, 2.05) is 11.3 Å². The molecule has 0 bridgehead atoms. The lowest BCUT2D eigenvalue weighted by Crippen LogP contribution is -2.32. The third kappa shape index (κ3) is 1.21. The Labute approximate surface area is 87.2 Å². The molecule has 0 saturated heterocycles. The van der Waals surface area contributed by atoms with E-state index in [9.17, 15) is 0 Å². The maximum absolute atomic E-state index is 3.55. The highest BCUT2D eigenvalue weighted by Gasteiger charge is 2.20. The van der Waals surface area contributed by atoms with E-state index >= 15 is 0 Å². The summed E-state index contributed by atoms with van der Waals surface area (Å²) < 4.78 is 2.33. The highest BCUT2D eigenvalue weighted by molar-refractivity contribution is 7.10. The first-order chi connectivity index (χ1) is 6.95. The number of nitrogens with one attached hydrogen (secondary N) is 1. The third-order valence-corrected chi connectivity index (χ3v) is 3.63. The van der Waals surface area contributed by atoms with Gasteiger partial charge in [0.1, 0.15) is 0 Å². The molecule has 3 heterocycles. The molecule has 0 unspecified atom stereocenters. The second-order valence-electron chi connectivity index (χ2n) is 3.53. The first kappa shape index (κ1) is 8.26. The Morgan fingerprint density at radius 2 is 2.36 bits per heavy atom. The van der Waals surface area contributed by atoms with Crippen LogP contribution < -0.4 is 5.32 Å². The Hall–Kier alpha value is -1.06. The summed E-state index contributed by atoms with van der Waals surface area (Å²) in [4.78, 5) is 1.41. The van der Waals surface area contributed by atoms with Crippen LogP contribution in [0.1, 0.15) is 16.6 Å². The molecule has 1 aliphatic rings. The molecule has 3 heteroatoms. The molecule has 1 atom stereocenters. The Bertz CT molecular complexity index is 416. The molecule has 2 aromatic rings. The van der Waals surface area contributed by atoms with E-state index < -0.39 is 0 Å². The highest BCUT2D eigenvalue weighted by Crippen LogP contribution is 2.28. The van der Waals surface area contributed by atoms with Gasteiger partial charge in [-0.05, 0) is 23.6 Å². The number of hydrogen-bond acceptors (Lipinski definition) is 2. The largest absolute Gasteiger partial charge is 0.348 e.